The molecule has 0 aromatic heterocycles. The highest BCUT2D eigenvalue weighted by Crippen LogP contribution is 2.21. The Morgan fingerprint density at radius 2 is 1.72 bits per heavy atom. The third-order valence-electron chi connectivity index (χ3n) is 4.00. The zero-order chi connectivity index (χ0) is 17.8. The van der Waals surface area contributed by atoms with E-state index in [1.807, 2.05) is 0 Å². The van der Waals surface area contributed by atoms with Gasteiger partial charge in [-0.3, -0.25) is 4.79 Å². The monoisotopic (exact) mass is 345 g/mol. The number of urea groups is 1. The van der Waals surface area contributed by atoms with E-state index in [-0.39, 0.29) is 5.91 Å². The van der Waals surface area contributed by atoms with Gasteiger partial charge in [-0.2, -0.15) is 0 Å². The van der Waals surface area contributed by atoms with Crippen LogP contribution in [0.5, 0.6) is 0 Å². The first-order chi connectivity index (χ1) is 12.0. The van der Waals surface area contributed by atoms with Crippen LogP contribution < -0.4 is 10.6 Å². The Hall–Kier alpha value is -2.96. The van der Waals surface area contributed by atoms with Crippen LogP contribution in [0.3, 0.4) is 0 Å². The molecule has 7 heteroatoms. The number of nitrogens with one attached hydrogen (secondary N) is 2. The maximum Gasteiger partial charge on any atom is 0.322 e. The quantitative estimate of drug-likeness (QED) is 0.893. The molecular formula is C18H17F2N3O2. The van der Waals surface area contributed by atoms with E-state index in [2.05, 4.69) is 10.6 Å². The molecule has 130 valence electrons. The van der Waals surface area contributed by atoms with Crippen molar-refractivity contribution in [3.8, 4) is 0 Å². The minimum Gasteiger partial charge on any atom is -0.324 e. The Bertz CT molecular complexity index is 780. The lowest BCUT2D eigenvalue weighted by Crippen LogP contribution is -2.45. The van der Waals surface area contributed by atoms with Crippen LogP contribution in [0.15, 0.2) is 48.5 Å². The second-order valence-electron chi connectivity index (χ2n) is 5.79. The topological polar surface area (TPSA) is 61.4 Å². The third kappa shape index (κ3) is 4.12. The summed E-state index contributed by atoms with van der Waals surface area (Å²) in [5.41, 5.74) is 0.790. The molecule has 0 saturated carbocycles. The molecule has 1 aliphatic heterocycles. The Morgan fingerprint density at radius 1 is 0.960 bits per heavy atom. The lowest BCUT2D eigenvalue weighted by atomic mass is 10.2. The Labute approximate surface area is 143 Å². The molecule has 0 bridgehead atoms. The first-order valence-corrected chi connectivity index (χ1v) is 7.92. The smallest absolute Gasteiger partial charge is 0.322 e. The number of nitrogens with zero attached hydrogens (tertiary/aromatic N) is 1. The number of halogens is 2. The number of hydrogen-bond acceptors (Lipinski definition) is 2. The third-order valence-corrected chi connectivity index (χ3v) is 4.00. The summed E-state index contributed by atoms with van der Waals surface area (Å²) in [4.78, 5) is 26.3. The molecule has 25 heavy (non-hydrogen) atoms. The molecule has 0 aliphatic carbocycles. The molecule has 1 fully saturated rings. The molecule has 1 saturated heterocycles. The molecule has 3 amide bonds. The molecule has 3 rings (SSSR count). The second-order valence-corrected chi connectivity index (χ2v) is 5.79. The summed E-state index contributed by atoms with van der Waals surface area (Å²) < 4.78 is 26.1. The van der Waals surface area contributed by atoms with Gasteiger partial charge in [-0.15, -0.1) is 0 Å². The van der Waals surface area contributed by atoms with Gasteiger partial charge in [0.1, 0.15) is 17.7 Å². The van der Waals surface area contributed by atoms with Crippen LogP contribution in [0.4, 0.5) is 25.0 Å². The van der Waals surface area contributed by atoms with Crippen LogP contribution in [0.25, 0.3) is 0 Å². The van der Waals surface area contributed by atoms with Gasteiger partial charge in [0, 0.05) is 17.9 Å². The Kier molecular flexibility index (Phi) is 4.92. The lowest BCUT2D eigenvalue weighted by molar-refractivity contribution is -0.119. The Morgan fingerprint density at radius 3 is 2.44 bits per heavy atom. The normalized spacial score (nSPS) is 16.6. The van der Waals surface area contributed by atoms with Gasteiger partial charge >= 0.3 is 6.03 Å². The number of carbonyl (C=O) groups excluding carboxylic acids is 2. The summed E-state index contributed by atoms with van der Waals surface area (Å²) in [5.74, 6) is -1.18. The van der Waals surface area contributed by atoms with Crippen molar-refractivity contribution in [2.75, 3.05) is 17.2 Å². The summed E-state index contributed by atoms with van der Waals surface area (Å²) in [5, 5.41) is 5.28. The maximum absolute atomic E-state index is 13.2. The van der Waals surface area contributed by atoms with Crippen LogP contribution >= 0.6 is 0 Å². The molecule has 1 aliphatic rings. The molecule has 2 aromatic carbocycles. The number of benzene rings is 2. The predicted octanol–water partition coefficient (Wildman–Crippen LogP) is 3.60. The number of carbonyl (C=O) groups is 2. The van der Waals surface area contributed by atoms with E-state index >= 15 is 0 Å². The predicted molar refractivity (Wildman–Crippen MR) is 90.2 cm³/mol. The van der Waals surface area contributed by atoms with E-state index in [4.69, 9.17) is 0 Å². The molecule has 0 unspecified atom stereocenters. The van der Waals surface area contributed by atoms with E-state index in [9.17, 15) is 18.4 Å². The van der Waals surface area contributed by atoms with Crippen LogP contribution in [-0.2, 0) is 4.79 Å². The fourth-order valence-corrected chi connectivity index (χ4v) is 2.80. The van der Waals surface area contributed by atoms with Gasteiger partial charge in [0.05, 0.1) is 0 Å². The molecule has 2 aromatic rings. The van der Waals surface area contributed by atoms with Crippen molar-refractivity contribution in [1.29, 1.82) is 0 Å². The van der Waals surface area contributed by atoms with Crippen LogP contribution in [-0.4, -0.2) is 29.4 Å². The van der Waals surface area contributed by atoms with E-state index in [0.717, 1.165) is 0 Å². The number of anilines is 2. The lowest BCUT2D eigenvalue weighted by Gasteiger charge is -2.24. The first kappa shape index (κ1) is 16.9. The minimum absolute atomic E-state index is 0.328. The van der Waals surface area contributed by atoms with Crippen molar-refractivity contribution in [3.63, 3.8) is 0 Å². The van der Waals surface area contributed by atoms with Gasteiger partial charge in [-0.25, -0.2) is 13.6 Å². The van der Waals surface area contributed by atoms with Crippen molar-refractivity contribution in [2.24, 2.45) is 0 Å². The Balaban J connectivity index is 1.65. The minimum atomic E-state index is -0.626. The van der Waals surface area contributed by atoms with E-state index in [0.29, 0.717) is 30.8 Å². The van der Waals surface area contributed by atoms with Gasteiger partial charge in [-0.05, 0) is 55.3 Å². The summed E-state index contributed by atoms with van der Waals surface area (Å²) in [6.07, 6.45) is 1.22. The fourth-order valence-electron chi connectivity index (χ4n) is 2.80. The maximum atomic E-state index is 13.2. The van der Waals surface area contributed by atoms with E-state index < -0.39 is 23.7 Å². The summed E-state index contributed by atoms with van der Waals surface area (Å²) in [6, 6.07) is 9.89. The van der Waals surface area contributed by atoms with Crippen molar-refractivity contribution in [2.45, 2.75) is 18.9 Å². The number of hydrogen-bond donors (Lipinski definition) is 2. The van der Waals surface area contributed by atoms with Crippen molar-refractivity contribution >= 4 is 23.3 Å². The molecule has 5 nitrogen and oxygen atoms in total. The summed E-state index contributed by atoms with van der Waals surface area (Å²) >= 11 is 0. The highest BCUT2D eigenvalue weighted by atomic mass is 19.1. The zero-order valence-corrected chi connectivity index (χ0v) is 13.3. The standard InChI is InChI=1S/C18H17F2N3O2/c19-12-6-8-14(9-7-12)21-17(24)16-5-2-10-23(16)18(25)22-15-4-1-3-13(20)11-15/h1,3-4,6-9,11,16H,2,5,10H2,(H,21,24)(H,22,25)/t16-/m0/s1. The molecular weight excluding hydrogens is 328 g/mol. The van der Waals surface area contributed by atoms with Crippen molar-refractivity contribution in [3.05, 3.63) is 60.2 Å². The van der Waals surface area contributed by atoms with E-state index in [1.165, 1.54) is 47.4 Å². The number of rotatable bonds is 3. The van der Waals surface area contributed by atoms with E-state index in [1.54, 1.807) is 6.07 Å². The average molecular weight is 345 g/mol. The average Bonchev–Trinajstić information content (AvgIpc) is 3.07. The molecule has 0 spiro atoms. The van der Waals surface area contributed by atoms with Gasteiger partial charge < -0.3 is 15.5 Å². The molecule has 1 atom stereocenters. The fraction of sp³-hybridized carbons (Fsp3) is 0.222. The molecule has 1 heterocycles. The molecule has 2 N–H and O–H groups in total. The second kappa shape index (κ2) is 7.29. The van der Waals surface area contributed by atoms with Gasteiger partial charge in [0.15, 0.2) is 0 Å². The largest absolute Gasteiger partial charge is 0.324 e. The van der Waals surface area contributed by atoms with Crippen LogP contribution in [0.1, 0.15) is 12.8 Å². The summed E-state index contributed by atoms with van der Waals surface area (Å²) in [6.45, 7) is 0.433. The van der Waals surface area contributed by atoms with Crippen molar-refractivity contribution < 1.29 is 18.4 Å². The number of likely N-dealkylation sites (tertiary alicyclic amines) is 1. The highest BCUT2D eigenvalue weighted by molar-refractivity contribution is 5.99. The highest BCUT2D eigenvalue weighted by Gasteiger charge is 2.34. The van der Waals surface area contributed by atoms with Crippen LogP contribution in [0, 0.1) is 11.6 Å². The van der Waals surface area contributed by atoms with Crippen molar-refractivity contribution in [1.82, 2.24) is 4.90 Å². The summed E-state index contributed by atoms with van der Waals surface area (Å²) in [7, 11) is 0. The van der Waals surface area contributed by atoms with Crippen LogP contribution in [0.2, 0.25) is 0 Å². The zero-order valence-electron chi connectivity index (χ0n) is 13.3. The van der Waals surface area contributed by atoms with Gasteiger partial charge in [-0.1, -0.05) is 6.07 Å². The number of amides is 3. The molecule has 0 radical (unpaired) electrons. The SMILES string of the molecule is O=C(Nc1ccc(F)cc1)[C@@H]1CCCN1C(=O)Nc1cccc(F)c1. The van der Waals surface area contributed by atoms with Gasteiger partial charge in [0.25, 0.3) is 0 Å². The van der Waals surface area contributed by atoms with Gasteiger partial charge in [0.2, 0.25) is 5.91 Å². The first-order valence-electron chi connectivity index (χ1n) is 7.92.